The van der Waals surface area contributed by atoms with E-state index in [1.165, 1.54) is 0 Å². The number of phosphoric ester groups is 1. The number of phosphoric acid groups is 3. The molecule has 0 aliphatic carbocycles. The Balaban J connectivity index is 2.25. The summed E-state index contributed by atoms with van der Waals surface area (Å²) in [4.78, 5) is 37.3. The number of aromatic nitrogens is 2. The van der Waals surface area contributed by atoms with E-state index < -0.39 is 75.9 Å². The summed E-state index contributed by atoms with van der Waals surface area (Å²) in [6.45, 7) is -1.37. The van der Waals surface area contributed by atoms with E-state index in [4.69, 9.17) is 31.6 Å². The number of rotatable bonds is 8. The topological polar surface area (TPSA) is 190 Å². The zero-order valence-electron chi connectivity index (χ0n) is 15.3. The van der Waals surface area contributed by atoms with Crippen molar-refractivity contribution in [1.29, 1.82) is 0 Å². The Morgan fingerprint density at radius 3 is 2.27 bits per heavy atom. The van der Waals surface area contributed by atoms with Gasteiger partial charge in [-0.05, 0) is 12.2 Å². The molecule has 33 heavy (non-hydrogen) atoms. The average molecular weight is 588 g/mol. The minimum atomic E-state index is -5.90. The van der Waals surface area contributed by atoms with Crippen LogP contribution in [0.2, 0.25) is 0 Å². The van der Waals surface area contributed by atoms with E-state index in [1.54, 1.807) is 0 Å². The van der Waals surface area contributed by atoms with E-state index in [1.807, 2.05) is 4.98 Å². The molecular weight excluding hydrogens is 576 g/mol. The van der Waals surface area contributed by atoms with Crippen molar-refractivity contribution in [2.45, 2.75) is 30.6 Å². The number of halogens is 5. The predicted octanol–water partition coefficient (Wildman–Crippen LogP) is 3.32. The molecule has 1 aliphatic rings. The summed E-state index contributed by atoms with van der Waals surface area (Å²) in [5.41, 5.74) is -4.22. The largest absolute Gasteiger partial charge is 0.490 e. The molecule has 0 amide bonds. The Kier molecular flexibility index (Phi) is 8.32. The zero-order chi connectivity index (χ0) is 25.6. The van der Waals surface area contributed by atoms with Crippen LogP contribution in [0.15, 0.2) is 6.20 Å². The van der Waals surface area contributed by atoms with Gasteiger partial charge in [0.15, 0.2) is 16.8 Å². The van der Waals surface area contributed by atoms with Crippen LogP contribution in [0.25, 0.3) is 0 Å². The highest BCUT2D eigenvalue weighted by Crippen LogP contribution is 2.66. The highest BCUT2D eigenvalue weighted by atomic mass is 32.1. The standard InChI is InChI=1S/C10H12F5N2O11P3S2/c11-5-2-17(8(33)16-6(5)32)7-9(12,10(13,14)15)1-4(26-7)3-25-30(21,22)28-31(23,24)27-29(18,19)20/h2,4,7H,1,3H2,(H,21,22)(H,23,24)(H,16,32,33)(H2,18,19,20)/t4-,7+,9+/m0/s1. The highest BCUT2D eigenvalue weighted by Gasteiger charge is 2.67. The molecule has 1 saturated heterocycles. The molecule has 1 fully saturated rings. The van der Waals surface area contributed by atoms with Gasteiger partial charge in [0.1, 0.15) is 4.64 Å². The molecule has 5 N–H and O–H groups in total. The summed E-state index contributed by atoms with van der Waals surface area (Å²) < 4.78 is 118. The fraction of sp³-hybridized carbons (Fsp3) is 0.600. The maximum Gasteiger partial charge on any atom is 0.490 e. The van der Waals surface area contributed by atoms with Gasteiger partial charge >= 0.3 is 29.6 Å². The molecule has 1 aliphatic heterocycles. The summed E-state index contributed by atoms with van der Waals surface area (Å²) in [6.07, 6.45) is -11.5. The van der Waals surface area contributed by atoms with Crippen molar-refractivity contribution in [2.75, 3.05) is 6.61 Å². The van der Waals surface area contributed by atoms with Crippen molar-refractivity contribution in [3.05, 3.63) is 21.4 Å². The lowest BCUT2D eigenvalue weighted by molar-refractivity contribution is -0.256. The summed E-state index contributed by atoms with van der Waals surface area (Å²) in [6, 6.07) is 0. The van der Waals surface area contributed by atoms with Gasteiger partial charge in [0.05, 0.1) is 12.7 Å². The summed E-state index contributed by atoms with van der Waals surface area (Å²) in [7, 11) is -17.3. The lowest BCUT2D eigenvalue weighted by Gasteiger charge is -2.29. The van der Waals surface area contributed by atoms with Crippen molar-refractivity contribution in [3.8, 4) is 0 Å². The number of nitrogens with zero attached hydrogens (tertiary/aromatic N) is 1. The van der Waals surface area contributed by atoms with E-state index in [0.29, 0.717) is 6.20 Å². The minimum Gasteiger partial charge on any atom is -0.348 e. The van der Waals surface area contributed by atoms with Gasteiger partial charge in [-0.2, -0.15) is 21.8 Å². The first kappa shape index (κ1) is 28.8. The molecule has 5 atom stereocenters. The summed E-state index contributed by atoms with van der Waals surface area (Å²) in [5, 5.41) is 0. The SMILES string of the molecule is O=P(O)(O)OP(=O)(O)OP(=O)(O)OC[C@@H]1C[C@](F)(C(F)(F)F)[C@H](n2cc(F)c(=S)[nH]c2=S)O1. The third-order valence-electron chi connectivity index (χ3n) is 3.73. The normalized spacial score (nSPS) is 27.8. The Bertz CT molecular complexity index is 1170. The molecule has 13 nitrogen and oxygen atoms in total. The average Bonchev–Trinajstić information content (AvgIpc) is 2.91. The molecule has 190 valence electrons. The third-order valence-corrected chi connectivity index (χ3v) is 8.14. The minimum absolute atomic E-state index is 0.235. The number of H-pyrrole nitrogens is 1. The van der Waals surface area contributed by atoms with Crippen LogP contribution in [-0.2, 0) is 31.6 Å². The molecule has 2 unspecified atom stereocenters. The first-order chi connectivity index (χ1) is 14.7. The van der Waals surface area contributed by atoms with Gasteiger partial charge in [-0.1, -0.05) is 12.2 Å². The van der Waals surface area contributed by atoms with Crippen LogP contribution >= 0.6 is 47.9 Å². The van der Waals surface area contributed by atoms with Crippen LogP contribution in [-0.4, -0.2) is 53.7 Å². The van der Waals surface area contributed by atoms with Gasteiger partial charge in [0.25, 0.3) is 5.67 Å². The Morgan fingerprint density at radius 1 is 1.18 bits per heavy atom. The van der Waals surface area contributed by atoms with E-state index >= 15 is 4.39 Å². The van der Waals surface area contributed by atoms with Crippen molar-refractivity contribution in [3.63, 3.8) is 0 Å². The van der Waals surface area contributed by atoms with Crippen molar-refractivity contribution in [1.82, 2.24) is 9.55 Å². The van der Waals surface area contributed by atoms with E-state index in [0.717, 1.165) is 0 Å². The van der Waals surface area contributed by atoms with Crippen LogP contribution < -0.4 is 0 Å². The molecule has 0 radical (unpaired) electrons. The zero-order valence-corrected chi connectivity index (χ0v) is 19.6. The predicted molar refractivity (Wildman–Crippen MR) is 98.6 cm³/mol. The second-order valence-electron chi connectivity index (χ2n) is 6.21. The van der Waals surface area contributed by atoms with Gasteiger partial charge in [0, 0.05) is 12.6 Å². The van der Waals surface area contributed by atoms with E-state index in [9.17, 15) is 36.2 Å². The molecule has 0 bridgehead atoms. The van der Waals surface area contributed by atoms with Gasteiger partial charge in [-0.25, -0.2) is 22.5 Å². The molecule has 1 aromatic heterocycles. The van der Waals surface area contributed by atoms with E-state index in [2.05, 4.69) is 25.4 Å². The molecule has 2 heterocycles. The summed E-state index contributed by atoms with van der Waals surface area (Å²) in [5.74, 6) is -1.27. The number of nitrogens with one attached hydrogen (secondary N) is 1. The monoisotopic (exact) mass is 588 g/mol. The smallest absolute Gasteiger partial charge is 0.348 e. The van der Waals surface area contributed by atoms with Crippen LogP contribution in [0.1, 0.15) is 12.6 Å². The van der Waals surface area contributed by atoms with Crippen molar-refractivity contribution >= 4 is 47.9 Å². The molecule has 0 saturated carbocycles. The van der Waals surface area contributed by atoms with Crippen molar-refractivity contribution < 1.29 is 73.1 Å². The number of hydrogen-bond donors (Lipinski definition) is 5. The van der Waals surface area contributed by atoms with Gasteiger partial charge in [-0.3, -0.25) is 9.09 Å². The third kappa shape index (κ3) is 7.27. The lowest BCUT2D eigenvalue weighted by Crippen LogP contribution is -2.45. The first-order valence-electron chi connectivity index (χ1n) is 7.86. The Morgan fingerprint density at radius 2 is 1.76 bits per heavy atom. The molecule has 23 heteroatoms. The van der Waals surface area contributed by atoms with E-state index in [-0.39, 0.29) is 4.57 Å². The van der Waals surface area contributed by atoms with Crippen LogP contribution in [0, 0.1) is 15.2 Å². The molecule has 0 spiro atoms. The molecule has 0 aromatic carbocycles. The van der Waals surface area contributed by atoms with Gasteiger partial charge < -0.3 is 29.3 Å². The Hall–Kier alpha value is -0.460. The van der Waals surface area contributed by atoms with Crippen molar-refractivity contribution in [2.24, 2.45) is 0 Å². The fourth-order valence-corrected chi connectivity index (χ4v) is 6.04. The Labute approximate surface area is 189 Å². The fourth-order valence-electron chi connectivity index (χ4n) is 2.53. The number of ether oxygens (including phenoxy) is 1. The molecule has 2 rings (SSSR count). The van der Waals surface area contributed by atoms with Crippen LogP contribution in [0.4, 0.5) is 22.0 Å². The maximum atomic E-state index is 15.0. The quantitative estimate of drug-likeness (QED) is 0.169. The second kappa shape index (κ2) is 9.54. The lowest BCUT2D eigenvalue weighted by atomic mass is 9.99. The highest BCUT2D eigenvalue weighted by molar-refractivity contribution is 7.72. The van der Waals surface area contributed by atoms with Crippen LogP contribution in [0.5, 0.6) is 0 Å². The van der Waals surface area contributed by atoms with Gasteiger partial charge in [-0.15, -0.1) is 0 Å². The number of hydrogen-bond acceptors (Lipinski definition) is 9. The maximum absolute atomic E-state index is 15.0. The number of alkyl halides is 4. The molecular formula is C10H12F5N2O11P3S2. The first-order valence-corrected chi connectivity index (χ1v) is 13.2. The van der Waals surface area contributed by atoms with Crippen LogP contribution in [0.3, 0.4) is 0 Å². The summed E-state index contributed by atoms with van der Waals surface area (Å²) >= 11 is 9.24. The van der Waals surface area contributed by atoms with Gasteiger partial charge in [0.2, 0.25) is 0 Å². The molecule has 1 aromatic rings. The number of aromatic amines is 1. The second-order valence-corrected chi connectivity index (χ2v) is 11.4.